The monoisotopic (exact) mass is 347 g/mol. The number of carbonyl (C=O) groups excluding carboxylic acids is 1. The van der Waals surface area contributed by atoms with Crippen molar-refractivity contribution >= 4 is 49.9 Å². The lowest BCUT2D eigenvalue weighted by molar-refractivity contribution is 0.102. The summed E-state index contributed by atoms with van der Waals surface area (Å²) >= 11 is 7.18. The number of fused-ring (bicyclic) bond motifs is 1. The molecule has 0 aliphatic rings. The summed E-state index contributed by atoms with van der Waals surface area (Å²) in [5, 5.41) is 3.90. The maximum Gasteiger partial charge on any atom is 0.255 e. The number of nitrogens with zero attached hydrogens (tertiary/aromatic N) is 1. The van der Waals surface area contributed by atoms with Gasteiger partial charge in [0.05, 0.1) is 11.3 Å². The van der Waals surface area contributed by atoms with Gasteiger partial charge in [0.1, 0.15) is 11.3 Å². The zero-order chi connectivity index (χ0) is 16.4. The molecule has 1 amide bonds. The highest BCUT2D eigenvalue weighted by Gasteiger charge is 2.12. The van der Waals surface area contributed by atoms with Crippen LogP contribution >= 0.6 is 22.9 Å². The lowest BCUT2D eigenvalue weighted by Gasteiger charge is -2.09. The van der Waals surface area contributed by atoms with Gasteiger partial charge in [-0.15, -0.1) is 0 Å². The summed E-state index contributed by atoms with van der Waals surface area (Å²) in [5.74, 6) is 0.380. The minimum atomic E-state index is -0.221. The number of hydrogen-bond acceptors (Lipinski definition) is 5. The molecule has 0 aliphatic carbocycles. The molecule has 5 nitrogen and oxygen atoms in total. The standard InChI is InChI=1S/C16H14ClN3O2S/c1-2-22-12-7-11(8-13-14(12)20-16(18)23-13)19-15(21)9-3-5-10(17)6-4-9/h3-8H,2H2,1H3,(H2,18,20)(H,19,21). The fourth-order valence-electron chi connectivity index (χ4n) is 2.16. The van der Waals surface area contributed by atoms with Crippen LogP contribution < -0.4 is 15.8 Å². The second-order valence-corrected chi connectivity index (χ2v) is 6.27. The second-order valence-electron chi connectivity index (χ2n) is 4.77. The van der Waals surface area contributed by atoms with Crippen LogP contribution in [0.3, 0.4) is 0 Å². The summed E-state index contributed by atoms with van der Waals surface area (Å²) in [6, 6.07) is 10.3. The van der Waals surface area contributed by atoms with E-state index in [1.54, 1.807) is 30.3 Å². The van der Waals surface area contributed by atoms with Crippen LogP contribution in [0.25, 0.3) is 10.2 Å². The minimum Gasteiger partial charge on any atom is -0.491 e. The van der Waals surface area contributed by atoms with Gasteiger partial charge in [-0.2, -0.15) is 0 Å². The molecule has 0 spiro atoms. The van der Waals surface area contributed by atoms with Crippen LogP contribution in [0.1, 0.15) is 17.3 Å². The molecule has 0 unspecified atom stereocenters. The Balaban J connectivity index is 1.92. The fourth-order valence-corrected chi connectivity index (χ4v) is 3.08. The number of nitrogens with two attached hydrogens (primary N) is 1. The Morgan fingerprint density at radius 2 is 2.09 bits per heavy atom. The van der Waals surface area contributed by atoms with Crippen LogP contribution in [0.15, 0.2) is 36.4 Å². The van der Waals surface area contributed by atoms with Gasteiger partial charge in [0.15, 0.2) is 5.13 Å². The van der Waals surface area contributed by atoms with Gasteiger partial charge in [0.2, 0.25) is 0 Å². The van der Waals surface area contributed by atoms with Crippen molar-refractivity contribution in [2.75, 3.05) is 17.7 Å². The van der Waals surface area contributed by atoms with E-state index in [0.29, 0.717) is 39.3 Å². The normalized spacial score (nSPS) is 10.7. The predicted molar refractivity (Wildman–Crippen MR) is 94.6 cm³/mol. The maximum absolute atomic E-state index is 12.3. The molecule has 3 N–H and O–H groups in total. The van der Waals surface area contributed by atoms with Crippen LogP contribution in [0, 0.1) is 0 Å². The van der Waals surface area contributed by atoms with Crippen LogP contribution in [-0.2, 0) is 0 Å². The number of anilines is 2. The Morgan fingerprint density at radius 3 is 2.78 bits per heavy atom. The van der Waals surface area contributed by atoms with E-state index in [9.17, 15) is 4.79 Å². The highest BCUT2D eigenvalue weighted by atomic mass is 35.5. The predicted octanol–water partition coefficient (Wildman–Crippen LogP) is 4.18. The van der Waals surface area contributed by atoms with Crippen molar-refractivity contribution in [1.82, 2.24) is 4.98 Å². The lowest BCUT2D eigenvalue weighted by atomic mass is 10.2. The van der Waals surface area contributed by atoms with Crippen molar-refractivity contribution in [3.8, 4) is 5.75 Å². The molecule has 3 aromatic rings. The molecular weight excluding hydrogens is 334 g/mol. The maximum atomic E-state index is 12.3. The van der Waals surface area contributed by atoms with Crippen molar-refractivity contribution in [3.63, 3.8) is 0 Å². The summed E-state index contributed by atoms with van der Waals surface area (Å²) < 4.78 is 6.46. The second kappa shape index (κ2) is 6.44. The highest BCUT2D eigenvalue weighted by Crippen LogP contribution is 2.34. The van der Waals surface area contributed by atoms with Gasteiger partial charge < -0.3 is 15.8 Å². The van der Waals surface area contributed by atoms with E-state index in [1.165, 1.54) is 11.3 Å². The summed E-state index contributed by atoms with van der Waals surface area (Å²) in [4.78, 5) is 16.6. The van der Waals surface area contributed by atoms with Crippen molar-refractivity contribution in [1.29, 1.82) is 0 Å². The molecule has 2 aromatic carbocycles. The number of nitrogen functional groups attached to an aromatic ring is 1. The van der Waals surface area contributed by atoms with E-state index in [4.69, 9.17) is 22.1 Å². The first-order chi connectivity index (χ1) is 11.1. The molecule has 0 bridgehead atoms. The van der Waals surface area contributed by atoms with Crippen LogP contribution in [0.2, 0.25) is 5.02 Å². The fraction of sp³-hybridized carbons (Fsp3) is 0.125. The van der Waals surface area contributed by atoms with Gasteiger partial charge in [-0.25, -0.2) is 4.98 Å². The average Bonchev–Trinajstić information content (AvgIpc) is 2.88. The SMILES string of the molecule is CCOc1cc(NC(=O)c2ccc(Cl)cc2)cc2sc(N)nc12. The first kappa shape index (κ1) is 15.6. The zero-order valence-corrected chi connectivity index (χ0v) is 13.9. The van der Waals surface area contributed by atoms with Gasteiger partial charge in [-0.05, 0) is 37.3 Å². The van der Waals surface area contributed by atoms with E-state index in [0.717, 1.165) is 4.70 Å². The number of hydrogen-bond donors (Lipinski definition) is 2. The Morgan fingerprint density at radius 1 is 1.35 bits per heavy atom. The molecule has 7 heteroatoms. The number of benzene rings is 2. The van der Waals surface area contributed by atoms with Crippen LogP contribution in [0.5, 0.6) is 5.75 Å². The number of ether oxygens (including phenoxy) is 1. The van der Waals surface area contributed by atoms with Crippen molar-refractivity contribution in [3.05, 3.63) is 47.0 Å². The van der Waals surface area contributed by atoms with E-state index in [2.05, 4.69) is 10.3 Å². The number of thiazole rings is 1. The zero-order valence-electron chi connectivity index (χ0n) is 12.3. The summed E-state index contributed by atoms with van der Waals surface area (Å²) in [6.07, 6.45) is 0. The number of halogens is 1. The molecule has 23 heavy (non-hydrogen) atoms. The molecule has 1 heterocycles. The van der Waals surface area contributed by atoms with Gasteiger partial charge in [-0.1, -0.05) is 22.9 Å². The van der Waals surface area contributed by atoms with Gasteiger partial charge in [0.25, 0.3) is 5.91 Å². The molecule has 0 atom stereocenters. The first-order valence-electron chi connectivity index (χ1n) is 6.96. The number of aromatic nitrogens is 1. The van der Waals surface area contributed by atoms with E-state index >= 15 is 0 Å². The smallest absolute Gasteiger partial charge is 0.255 e. The van der Waals surface area contributed by atoms with E-state index in [1.807, 2.05) is 13.0 Å². The molecule has 0 fully saturated rings. The molecule has 3 rings (SSSR count). The number of nitrogens with one attached hydrogen (secondary N) is 1. The highest BCUT2D eigenvalue weighted by molar-refractivity contribution is 7.22. The van der Waals surface area contributed by atoms with Gasteiger partial charge in [-0.3, -0.25) is 4.79 Å². The topological polar surface area (TPSA) is 77.2 Å². The summed E-state index contributed by atoms with van der Waals surface area (Å²) in [7, 11) is 0. The Labute approximate surface area is 142 Å². The van der Waals surface area contributed by atoms with Crippen LogP contribution in [-0.4, -0.2) is 17.5 Å². The summed E-state index contributed by atoms with van der Waals surface area (Å²) in [6.45, 7) is 2.39. The minimum absolute atomic E-state index is 0.221. The molecule has 118 valence electrons. The van der Waals surface area contributed by atoms with Gasteiger partial charge >= 0.3 is 0 Å². The third-order valence-electron chi connectivity index (χ3n) is 3.14. The number of amides is 1. The summed E-state index contributed by atoms with van der Waals surface area (Å²) in [5.41, 5.74) is 7.62. The lowest BCUT2D eigenvalue weighted by Crippen LogP contribution is -2.11. The molecular formula is C16H14ClN3O2S. The third-order valence-corrected chi connectivity index (χ3v) is 4.22. The Kier molecular flexibility index (Phi) is 4.36. The van der Waals surface area contributed by atoms with E-state index in [-0.39, 0.29) is 5.91 Å². The Bertz CT molecular complexity index is 862. The van der Waals surface area contributed by atoms with E-state index < -0.39 is 0 Å². The largest absolute Gasteiger partial charge is 0.491 e. The molecule has 0 aliphatic heterocycles. The number of rotatable bonds is 4. The van der Waals surface area contributed by atoms with Gasteiger partial charge in [0, 0.05) is 22.3 Å². The Hall–Kier alpha value is -2.31. The average molecular weight is 348 g/mol. The third kappa shape index (κ3) is 3.38. The molecule has 1 aromatic heterocycles. The quantitative estimate of drug-likeness (QED) is 0.742. The van der Waals surface area contributed by atoms with Crippen molar-refractivity contribution in [2.24, 2.45) is 0 Å². The molecule has 0 radical (unpaired) electrons. The van der Waals surface area contributed by atoms with Crippen LogP contribution in [0.4, 0.5) is 10.8 Å². The molecule has 0 saturated carbocycles. The number of carbonyl (C=O) groups is 1. The molecule has 0 saturated heterocycles. The van der Waals surface area contributed by atoms with Crippen molar-refractivity contribution in [2.45, 2.75) is 6.92 Å². The van der Waals surface area contributed by atoms with Crippen molar-refractivity contribution < 1.29 is 9.53 Å². The first-order valence-corrected chi connectivity index (χ1v) is 8.16.